The second-order valence-electron chi connectivity index (χ2n) is 2.21. The third-order valence-corrected chi connectivity index (χ3v) is 2.72. The van der Waals surface area contributed by atoms with Crippen molar-refractivity contribution in [3.8, 4) is 5.75 Å². The largest absolute Gasteiger partial charge is 0.495 e. The lowest BCUT2D eigenvalue weighted by molar-refractivity contribution is 0.414. The van der Waals surface area contributed by atoms with E-state index in [-0.39, 0.29) is 0 Å². The first-order valence-electron chi connectivity index (χ1n) is 3.27. The summed E-state index contributed by atoms with van der Waals surface area (Å²) >= 11 is 15.0. The molecule has 0 aliphatic rings. The molecule has 0 aromatic heterocycles. The van der Waals surface area contributed by atoms with E-state index in [1.165, 1.54) is 0 Å². The molecular formula is C8H7BrCl2O. The number of benzene rings is 1. The quantitative estimate of drug-likeness (QED) is 0.740. The molecule has 12 heavy (non-hydrogen) atoms. The van der Waals surface area contributed by atoms with E-state index < -0.39 is 0 Å². The van der Waals surface area contributed by atoms with Crippen molar-refractivity contribution in [3.63, 3.8) is 0 Å². The molecule has 0 saturated heterocycles. The summed E-state index contributed by atoms with van der Waals surface area (Å²) in [6, 6.07) is 3.50. The normalized spacial score (nSPS) is 10.0. The van der Waals surface area contributed by atoms with Crippen molar-refractivity contribution in [1.29, 1.82) is 0 Å². The van der Waals surface area contributed by atoms with Crippen molar-refractivity contribution in [2.75, 3.05) is 7.11 Å². The van der Waals surface area contributed by atoms with Crippen LogP contribution in [0, 0.1) is 0 Å². The van der Waals surface area contributed by atoms with Crippen LogP contribution in [0.2, 0.25) is 10.0 Å². The summed E-state index contributed by atoms with van der Waals surface area (Å²) in [5, 5.41) is 1.88. The van der Waals surface area contributed by atoms with E-state index in [2.05, 4.69) is 15.9 Å². The van der Waals surface area contributed by atoms with Crippen LogP contribution >= 0.6 is 39.1 Å². The highest BCUT2D eigenvalue weighted by Gasteiger charge is 2.05. The summed E-state index contributed by atoms with van der Waals surface area (Å²) in [6.07, 6.45) is 0. The average molecular weight is 270 g/mol. The third-order valence-electron chi connectivity index (χ3n) is 1.46. The van der Waals surface area contributed by atoms with Crippen LogP contribution in [-0.2, 0) is 5.33 Å². The molecule has 66 valence electrons. The number of hydrogen-bond acceptors (Lipinski definition) is 1. The van der Waals surface area contributed by atoms with Crippen molar-refractivity contribution in [2.45, 2.75) is 5.33 Å². The number of alkyl halides is 1. The fourth-order valence-electron chi connectivity index (χ4n) is 0.830. The van der Waals surface area contributed by atoms with E-state index in [1.54, 1.807) is 13.2 Å². The Morgan fingerprint density at radius 1 is 1.33 bits per heavy atom. The Morgan fingerprint density at radius 3 is 2.50 bits per heavy atom. The van der Waals surface area contributed by atoms with Gasteiger partial charge in [-0.05, 0) is 17.7 Å². The molecule has 0 aliphatic heterocycles. The average Bonchev–Trinajstić information content (AvgIpc) is 2.05. The molecule has 0 spiro atoms. The lowest BCUT2D eigenvalue weighted by atomic mass is 10.2. The maximum atomic E-state index is 5.89. The van der Waals surface area contributed by atoms with Gasteiger partial charge in [0, 0.05) is 10.4 Å². The van der Waals surface area contributed by atoms with Gasteiger partial charge in [0.1, 0.15) is 5.75 Å². The lowest BCUT2D eigenvalue weighted by Crippen LogP contribution is -1.87. The van der Waals surface area contributed by atoms with Gasteiger partial charge in [0.2, 0.25) is 0 Å². The van der Waals surface area contributed by atoms with Crippen molar-refractivity contribution >= 4 is 39.1 Å². The molecule has 0 atom stereocenters. The standard InChI is InChI=1S/C8H7BrCl2O/c1-12-8-2-5(4-9)6(10)3-7(8)11/h2-3H,4H2,1H3. The Balaban J connectivity index is 3.18. The predicted molar refractivity (Wildman–Crippen MR) is 55.6 cm³/mol. The van der Waals surface area contributed by atoms with Gasteiger partial charge in [0.05, 0.1) is 12.1 Å². The Hall–Kier alpha value is 0.0800. The van der Waals surface area contributed by atoms with Gasteiger partial charge in [-0.1, -0.05) is 39.1 Å². The predicted octanol–water partition coefficient (Wildman–Crippen LogP) is 3.90. The minimum absolute atomic E-state index is 0.534. The molecule has 1 aromatic carbocycles. The van der Waals surface area contributed by atoms with Crippen molar-refractivity contribution in [3.05, 3.63) is 27.7 Å². The molecule has 0 heterocycles. The van der Waals surface area contributed by atoms with Gasteiger partial charge >= 0.3 is 0 Å². The van der Waals surface area contributed by atoms with E-state index in [4.69, 9.17) is 27.9 Å². The van der Waals surface area contributed by atoms with Crippen LogP contribution in [0.15, 0.2) is 12.1 Å². The van der Waals surface area contributed by atoms with Crippen LogP contribution in [0.3, 0.4) is 0 Å². The zero-order chi connectivity index (χ0) is 9.14. The van der Waals surface area contributed by atoms with Crippen LogP contribution in [0.25, 0.3) is 0 Å². The molecule has 0 bridgehead atoms. The monoisotopic (exact) mass is 268 g/mol. The van der Waals surface area contributed by atoms with Gasteiger partial charge in [0.25, 0.3) is 0 Å². The van der Waals surface area contributed by atoms with Crippen molar-refractivity contribution < 1.29 is 4.74 Å². The first-order valence-corrected chi connectivity index (χ1v) is 5.14. The fourth-order valence-corrected chi connectivity index (χ4v) is 1.98. The van der Waals surface area contributed by atoms with Crippen LogP contribution in [0.4, 0.5) is 0 Å². The van der Waals surface area contributed by atoms with Gasteiger partial charge in [-0.2, -0.15) is 0 Å². The Morgan fingerprint density at radius 2 is 2.00 bits per heavy atom. The molecule has 0 aliphatic carbocycles. The first kappa shape index (κ1) is 10.2. The van der Waals surface area contributed by atoms with Crippen LogP contribution in [0.1, 0.15) is 5.56 Å². The first-order chi connectivity index (χ1) is 5.69. The second kappa shape index (κ2) is 4.35. The summed E-state index contributed by atoms with van der Waals surface area (Å²) in [6.45, 7) is 0. The summed E-state index contributed by atoms with van der Waals surface area (Å²) in [5.41, 5.74) is 0.970. The van der Waals surface area contributed by atoms with E-state index >= 15 is 0 Å². The molecule has 1 rings (SSSR count). The number of halogens is 3. The number of ether oxygens (including phenoxy) is 1. The molecular weight excluding hydrogens is 263 g/mol. The van der Waals surface area contributed by atoms with E-state index in [0.29, 0.717) is 21.1 Å². The van der Waals surface area contributed by atoms with Crippen molar-refractivity contribution in [2.24, 2.45) is 0 Å². The summed E-state index contributed by atoms with van der Waals surface area (Å²) in [4.78, 5) is 0. The van der Waals surface area contributed by atoms with E-state index in [9.17, 15) is 0 Å². The highest BCUT2D eigenvalue weighted by molar-refractivity contribution is 9.08. The Labute approximate surface area is 89.7 Å². The summed E-state index contributed by atoms with van der Waals surface area (Å²) < 4.78 is 5.03. The highest BCUT2D eigenvalue weighted by Crippen LogP contribution is 2.31. The topological polar surface area (TPSA) is 9.23 Å². The Bertz CT molecular complexity index is 263. The fraction of sp³-hybridized carbons (Fsp3) is 0.250. The second-order valence-corrected chi connectivity index (χ2v) is 3.59. The van der Waals surface area contributed by atoms with Crippen molar-refractivity contribution in [1.82, 2.24) is 0 Å². The van der Waals surface area contributed by atoms with Crippen LogP contribution in [-0.4, -0.2) is 7.11 Å². The zero-order valence-electron chi connectivity index (χ0n) is 6.40. The molecule has 1 aromatic rings. The van der Waals surface area contributed by atoms with Gasteiger partial charge in [0.15, 0.2) is 0 Å². The molecule has 0 radical (unpaired) electrons. The molecule has 0 unspecified atom stereocenters. The highest BCUT2D eigenvalue weighted by atomic mass is 79.9. The molecule has 0 fully saturated rings. The molecule has 1 nitrogen and oxygen atoms in total. The Kier molecular flexibility index (Phi) is 3.69. The molecule has 0 N–H and O–H groups in total. The SMILES string of the molecule is COc1cc(CBr)c(Cl)cc1Cl. The maximum absolute atomic E-state index is 5.89. The van der Waals surface area contributed by atoms with Gasteiger partial charge in [-0.3, -0.25) is 0 Å². The third kappa shape index (κ3) is 2.06. The maximum Gasteiger partial charge on any atom is 0.137 e. The molecule has 0 amide bonds. The van der Waals surface area contributed by atoms with E-state index in [1.807, 2.05) is 6.07 Å². The summed E-state index contributed by atoms with van der Waals surface area (Å²) in [5.74, 6) is 0.649. The smallest absolute Gasteiger partial charge is 0.137 e. The van der Waals surface area contributed by atoms with Gasteiger partial charge in [-0.25, -0.2) is 0 Å². The molecule has 4 heteroatoms. The summed E-state index contributed by atoms with van der Waals surface area (Å²) in [7, 11) is 1.58. The van der Waals surface area contributed by atoms with Crippen LogP contribution < -0.4 is 4.74 Å². The number of hydrogen-bond donors (Lipinski definition) is 0. The van der Waals surface area contributed by atoms with Gasteiger partial charge < -0.3 is 4.74 Å². The van der Waals surface area contributed by atoms with Gasteiger partial charge in [-0.15, -0.1) is 0 Å². The van der Waals surface area contributed by atoms with Crippen LogP contribution in [0.5, 0.6) is 5.75 Å². The molecule has 0 saturated carbocycles. The lowest BCUT2D eigenvalue weighted by Gasteiger charge is -2.06. The number of rotatable bonds is 2. The minimum atomic E-state index is 0.534. The van der Waals surface area contributed by atoms with E-state index in [0.717, 1.165) is 5.56 Å². The minimum Gasteiger partial charge on any atom is -0.495 e. The number of methoxy groups -OCH3 is 1. The zero-order valence-corrected chi connectivity index (χ0v) is 9.50.